The number of amides is 1. The molecular weight excluding hydrogens is 344 g/mol. The highest BCUT2D eigenvalue weighted by atomic mass is 16.3. The molecule has 2 fully saturated rings. The molecule has 8 nitrogen and oxygen atoms in total. The summed E-state index contributed by atoms with van der Waals surface area (Å²) in [6.45, 7) is 0. The highest BCUT2D eigenvalue weighted by Crippen LogP contribution is 2.43. The molecule has 0 bridgehead atoms. The third-order valence-electron chi connectivity index (χ3n) is 5.64. The van der Waals surface area contributed by atoms with Crippen LogP contribution in [0.3, 0.4) is 0 Å². The first kappa shape index (κ1) is 17.5. The Balaban J connectivity index is 1.61. The van der Waals surface area contributed by atoms with Gasteiger partial charge < -0.3 is 10.4 Å². The van der Waals surface area contributed by atoms with Crippen LogP contribution in [-0.2, 0) is 5.54 Å². The Kier molecular flexibility index (Phi) is 4.52. The predicted molar refractivity (Wildman–Crippen MR) is 95.5 cm³/mol. The van der Waals surface area contributed by atoms with E-state index in [0.29, 0.717) is 5.69 Å². The van der Waals surface area contributed by atoms with E-state index < -0.39 is 5.54 Å². The number of pyridine rings is 1. The van der Waals surface area contributed by atoms with E-state index in [9.17, 15) is 15.2 Å². The summed E-state index contributed by atoms with van der Waals surface area (Å²) in [6.07, 6.45) is 10.2. The second-order valence-electron chi connectivity index (χ2n) is 7.46. The lowest BCUT2D eigenvalue weighted by Crippen LogP contribution is -2.35. The summed E-state index contributed by atoms with van der Waals surface area (Å²) in [6, 6.07) is 5.16. The summed E-state index contributed by atoms with van der Waals surface area (Å²) < 4.78 is 1.63. The van der Waals surface area contributed by atoms with E-state index in [0.717, 1.165) is 38.5 Å². The lowest BCUT2D eigenvalue weighted by molar-refractivity contribution is 0.0907. The van der Waals surface area contributed by atoms with Crippen molar-refractivity contribution >= 4 is 5.91 Å². The maximum atomic E-state index is 12.7. The zero-order valence-electron chi connectivity index (χ0n) is 15.0. The van der Waals surface area contributed by atoms with E-state index in [1.807, 2.05) is 0 Å². The highest BCUT2D eigenvalue weighted by molar-refractivity contribution is 5.96. The van der Waals surface area contributed by atoms with Crippen LogP contribution in [0, 0.1) is 17.2 Å². The van der Waals surface area contributed by atoms with Crippen LogP contribution >= 0.6 is 0 Å². The SMILES string of the molecule is N#CC1(n2cc([C@@H](NC(=O)c3cccnc3O)C3CCCCC3)nn2)CC1. The van der Waals surface area contributed by atoms with Crippen molar-refractivity contribution in [2.24, 2.45) is 5.92 Å². The Bertz CT molecular complexity index is 876. The van der Waals surface area contributed by atoms with Crippen LogP contribution in [0.15, 0.2) is 24.5 Å². The van der Waals surface area contributed by atoms with Crippen molar-refractivity contribution in [1.29, 1.82) is 5.26 Å². The molecule has 1 atom stereocenters. The number of nitriles is 1. The molecule has 2 aliphatic rings. The summed E-state index contributed by atoms with van der Waals surface area (Å²) in [4.78, 5) is 16.5. The molecule has 8 heteroatoms. The molecule has 0 spiro atoms. The fourth-order valence-electron chi connectivity index (χ4n) is 3.83. The molecule has 4 rings (SSSR count). The predicted octanol–water partition coefficient (Wildman–Crippen LogP) is 2.44. The number of nitrogens with zero attached hydrogens (tertiary/aromatic N) is 5. The minimum absolute atomic E-state index is 0.140. The number of nitrogens with one attached hydrogen (secondary N) is 1. The Hall–Kier alpha value is -2.95. The molecule has 2 saturated carbocycles. The van der Waals surface area contributed by atoms with Crippen molar-refractivity contribution in [2.75, 3.05) is 0 Å². The summed E-state index contributed by atoms with van der Waals surface area (Å²) in [5.74, 6) is -0.418. The van der Waals surface area contributed by atoms with Gasteiger partial charge in [-0.05, 0) is 43.7 Å². The van der Waals surface area contributed by atoms with Gasteiger partial charge in [0.15, 0.2) is 5.54 Å². The average molecular weight is 366 g/mol. The lowest BCUT2D eigenvalue weighted by Gasteiger charge is -2.29. The van der Waals surface area contributed by atoms with Gasteiger partial charge in [-0.25, -0.2) is 9.67 Å². The van der Waals surface area contributed by atoms with Crippen molar-refractivity contribution in [3.05, 3.63) is 35.8 Å². The topological polar surface area (TPSA) is 117 Å². The van der Waals surface area contributed by atoms with Gasteiger partial charge in [-0.3, -0.25) is 4.79 Å². The molecule has 1 amide bonds. The van der Waals surface area contributed by atoms with E-state index in [2.05, 4.69) is 26.7 Å². The molecule has 0 aromatic carbocycles. The summed E-state index contributed by atoms with van der Waals surface area (Å²) >= 11 is 0. The smallest absolute Gasteiger partial charge is 0.257 e. The van der Waals surface area contributed by atoms with E-state index in [1.54, 1.807) is 23.0 Å². The molecule has 27 heavy (non-hydrogen) atoms. The first-order valence-electron chi connectivity index (χ1n) is 9.42. The Morgan fingerprint density at radius 2 is 2.15 bits per heavy atom. The maximum absolute atomic E-state index is 12.7. The van der Waals surface area contributed by atoms with Gasteiger partial charge >= 0.3 is 0 Å². The number of carbonyl (C=O) groups excluding carboxylic acids is 1. The number of carbonyl (C=O) groups is 1. The molecule has 140 valence electrons. The van der Waals surface area contributed by atoms with Crippen molar-refractivity contribution in [3.8, 4) is 11.9 Å². The van der Waals surface area contributed by atoms with Crippen LogP contribution in [0.1, 0.15) is 67.0 Å². The van der Waals surface area contributed by atoms with E-state index in [1.165, 1.54) is 12.6 Å². The normalized spacial score (nSPS) is 19.8. The van der Waals surface area contributed by atoms with Crippen LogP contribution in [-0.4, -0.2) is 31.0 Å². The van der Waals surface area contributed by atoms with Crippen molar-refractivity contribution in [1.82, 2.24) is 25.3 Å². The van der Waals surface area contributed by atoms with Crippen molar-refractivity contribution in [3.63, 3.8) is 0 Å². The van der Waals surface area contributed by atoms with Crippen LogP contribution in [0.5, 0.6) is 5.88 Å². The van der Waals surface area contributed by atoms with E-state index >= 15 is 0 Å². The van der Waals surface area contributed by atoms with Gasteiger partial charge in [0.05, 0.1) is 18.3 Å². The molecule has 2 aliphatic carbocycles. The first-order valence-corrected chi connectivity index (χ1v) is 9.42. The maximum Gasteiger partial charge on any atom is 0.257 e. The molecule has 0 saturated heterocycles. The van der Waals surface area contributed by atoms with Gasteiger partial charge in [0, 0.05) is 6.20 Å². The lowest BCUT2D eigenvalue weighted by atomic mass is 9.82. The summed E-state index contributed by atoms with van der Waals surface area (Å²) in [7, 11) is 0. The van der Waals surface area contributed by atoms with E-state index in [-0.39, 0.29) is 29.3 Å². The Labute approximate surface area is 157 Å². The van der Waals surface area contributed by atoms with Crippen molar-refractivity contribution in [2.45, 2.75) is 56.5 Å². The third kappa shape index (κ3) is 3.37. The fraction of sp³-hybridized carbons (Fsp3) is 0.526. The minimum Gasteiger partial charge on any atom is -0.493 e. The zero-order valence-corrected chi connectivity index (χ0v) is 15.0. The van der Waals surface area contributed by atoms with Crippen LogP contribution in [0.2, 0.25) is 0 Å². The fourth-order valence-corrected chi connectivity index (χ4v) is 3.83. The highest BCUT2D eigenvalue weighted by Gasteiger charge is 2.47. The van der Waals surface area contributed by atoms with Crippen LogP contribution in [0.4, 0.5) is 0 Å². The first-order chi connectivity index (χ1) is 13.1. The molecule has 2 aromatic rings. The van der Waals surface area contributed by atoms with Gasteiger partial charge in [0.1, 0.15) is 11.3 Å². The Morgan fingerprint density at radius 3 is 2.81 bits per heavy atom. The van der Waals surface area contributed by atoms with Gasteiger partial charge in [-0.15, -0.1) is 5.10 Å². The standard InChI is InChI=1S/C19H22N6O2/c20-12-19(8-9-19)25-11-15(23-24-25)16(13-5-2-1-3-6-13)22-18(27)14-7-4-10-21-17(14)26/h4,7,10-11,13,16H,1-3,5-6,8-9H2,(H,21,26)(H,22,27)/t16-/m0/s1. The molecule has 2 aromatic heterocycles. The van der Waals surface area contributed by atoms with E-state index in [4.69, 9.17) is 0 Å². The molecule has 2 N–H and O–H groups in total. The largest absolute Gasteiger partial charge is 0.493 e. The second kappa shape index (κ2) is 6.99. The zero-order chi connectivity index (χ0) is 18.9. The quantitative estimate of drug-likeness (QED) is 0.839. The molecular formula is C19H22N6O2. The summed E-state index contributed by atoms with van der Waals surface area (Å²) in [5.41, 5.74) is 0.232. The number of aromatic nitrogens is 4. The molecule has 0 aliphatic heterocycles. The van der Waals surface area contributed by atoms with Crippen LogP contribution < -0.4 is 5.32 Å². The number of aromatic hydroxyl groups is 1. The van der Waals surface area contributed by atoms with Gasteiger partial charge in [-0.2, -0.15) is 5.26 Å². The number of rotatable bonds is 5. The van der Waals surface area contributed by atoms with Crippen LogP contribution in [0.25, 0.3) is 0 Å². The minimum atomic E-state index is -0.575. The van der Waals surface area contributed by atoms with Gasteiger partial charge in [-0.1, -0.05) is 24.5 Å². The van der Waals surface area contributed by atoms with Gasteiger partial charge in [0.2, 0.25) is 5.88 Å². The Morgan fingerprint density at radius 1 is 1.37 bits per heavy atom. The average Bonchev–Trinajstić information content (AvgIpc) is 3.35. The monoisotopic (exact) mass is 366 g/mol. The number of hydrogen-bond donors (Lipinski definition) is 2. The molecule has 0 unspecified atom stereocenters. The molecule has 0 radical (unpaired) electrons. The number of hydrogen-bond acceptors (Lipinski definition) is 6. The second-order valence-corrected chi connectivity index (χ2v) is 7.46. The molecule has 2 heterocycles. The third-order valence-corrected chi connectivity index (χ3v) is 5.64. The van der Waals surface area contributed by atoms with Crippen molar-refractivity contribution < 1.29 is 9.90 Å². The van der Waals surface area contributed by atoms with Gasteiger partial charge in [0.25, 0.3) is 5.91 Å². The summed E-state index contributed by atoms with van der Waals surface area (Å²) in [5, 5.41) is 30.7.